The van der Waals surface area contributed by atoms with Crippen molar-refractivity contribution in [3.05, 3.63) is 71.5 Å². The van der Waals surface area contributed by atoms with Gasteiger partial charge in [-0.25, -0.2) is 9.37 Å². The Labute approximate surface area is 265 Å². The molecule has 13 heteroatoms. The van der Waals surface area contributed by atoms with Crippen LogP contribution >= 0.6 is 0 Å². The minimum atomic E-state index is -4.60. The summed E-state index contributed by atoms with van der Waals surface area (Å²) in [7, 11) is 1.54. The fourth-order valence-corrected chi connectivity index (χ4v) is 6.28. The van der Waals surface area contributed by atoms with Crippen molar-refractivity contribution in [1.29, 1.82) is 0 Å². The van der Waals surface area contributed by atoms with E-state index in [9.17, 15) is 27.9 Å². The first-order valence-corrected chi connectivity index (χ1v) is 15.2. The number of nitrogens with one attached hydrogen (secondary N) is 1. The van der Waals surface area contributed by atoms with Gasteiger partial charge in [-0.3, -0.25) is 19.8 Å². The minimum Gasteiger partial charge on any atom is -0.497 e. The normalized spacial score (nSPS) is 22.6. The van der Waals surface area contributed by atoms with Crippen LogP contribution in [0.4, 0.5) is 29.2 Å². The van der Waals surface area contributed by atoms with Gasteiger partial charge in [0, 0.05) is 55.7 Å². The number of ether oxygens (including phenoxy) is 1. The number of anilines is 2. The highest BCUT2D eigenvalue weighted by Gasteiger charge is 2.55. The molecule has 2 saturated heterocycles. The number of aliphatic carboxylic acids is 1. The van der Waals surface area contributed by atoms with Gasteiger partial charge in [-0.05, 0) is 69.0 Å². The lowest BCUT2D eigenvalue weighted by Gasteiger charge is -2.34. The largest absolute Gasteiger partial charge is 0.497 e. The Morgan fingerprint density at radius 1 is 1.11 bits per heavy atom. The summed E-state index contributed by atoms with van der Waals surface area (Å²) in [6, 6.07) is 10.3. The van der Waals surface area contributed by atoms with Crippen LogP contribution in [0.2, 0.25) is 0 Å². The number of benzene rings is 2. The number of alkyl halides is 4. The third-order valence-corrected chi connectivity index (χ3v) is 9.03. The van der Waals surface area contributed by atoms with Gasteiger partial charge in [-0.15, -0.1) is 0 Å². The first-order chi connectivity index (χ1) is 21.6. The molecule has 3 aromatic rings. The van der Waals surface area contributed by atoms with E-state index in [2.05, 4.69) is 10.3 Å². The Balaban J connectivity index is 1.43. The third kappa shape index (κ3) is 6.84. The number of nitrogens with zero attached hydrogens (tertiary/aromatic N) is 4. The van der Waals surface area contributed by atoms with E-state index in [4.69, 9.17) is 4.74 Å². The Morgan fingerprint density at radius 3 is 2.46 bits per heavy atom. The fourth-order valence-electron chi connectivity index (χ4n) is 6.28. The zero-order valence-electron chi connectivity index (χ0n) is 26.3. The molecule has 2 aliphatic rings. The summed E-state index contributed by atoms with van der Waals surface area (Å²) >= 11 is 0. The van der Waals surface area contributed by atoms with Crippen molar-refractivity contribution in [2.75, 3.05) is 43.5 Å². The van der Waals surface area contributed by atoms with E-state index in [-0.39, 0.29) is 31.3 Å². The lowest BCUT2D eigenvalue weighted by Crippen LogP contribution is -2.47. The number of amides is 1. The average Bonchev–Trinajstić information content (AvgIpc) is 3.61. The number of carbonyl (C=O) groups is 2. The fraction of sp³-hybridized carbons (Fsp3) is 0.485. The van der Waals surface area contributed by atoms with E-state index < -0.39 is 46.7 Å². The van der Waals surface area contributed by atoms with Gasteiger partial charge in [0.05, 0.1) is 25.1 Å². The number of likely N-dealkylation sites (tertiary alicyclic amines) is 1. The summed E-state index contributed by atoms with van der Waals surface area (Å²) in [6.45, 7) is 6.49. The van der Waals surface area contributed by atoms with Crippen molar-refractivity contribution in [2.45, 2.75) is 63.5 Å². The first-order valence-electron chi connectivity index (χ1n) is 15.2. The zero-order chi connectivity index (χ0) is 33.4. The van der Waals surface area contributed by atoms with E-state index in [0.29, 0.717) is 42.8 Å². The van der Waals surface area contributed by atoms with Crippen LogP contribution < -0.4 is 15.0 Å². The number of carboxylic acid groups (broad SMARTS) is 1. The zero-order valence-corrected chi connectivity index (χ0v) is 26.3. The predicted molar refractivity (Wildman–Crippen MR) is 165 cm³/mol. The van der Waals surface area contributed by atoms with Gasteiger partial charge in [0.1, 0.15) is 5.75 Å². The molecule has 0 bridgehead atoms. The number of carboxylic acids is 1. The number of carbonyl (C=O) groups excluding carboxylic acids is 1. The van der Waals surface area contributed by atoms with Crippen LogP contribution in [0, 0.1) is 5.92 Å². The molecule has 0 aliphatic carbocycles. The number of hydrogen-bond donors (Lipinski definition) is 2. The number of hydrogen-bond acceptors (Lipinski definition) is 6. The molecule has 1 amide bonds. The Kier molecular flexibility index (Phi) is 9.09. The summed E-state index contributed by atoms with van der Waals surface area (Å²) in [6.07, 6.45) is -0.676. The second-order valence-electron chi connectivity index (χ2n) is 13.0. The second-order valence-corrected chi connectivity index (χ2v) is 13.0. The van der Waals surface area contributed by atoms with Crippen LogP contribution in [0.1, 0.15) is 56.2 Å². The molecule has 248 valence electrons. The van der Waals surface area contributed by atoms with Crippen molar-refractivity contribution >= 4 is 23.5 Å². The van der Waals surface area contributed by atoms with Crippen LogP contribution in [0.5, 0.6) is 5.75 Å². The molecule has 2 fully saturated rings. The van der Waals surface area contributed by atoms with Crippen molar-refractivity contribution in [1.82, 2.24) is 14.5 Å². The van der Waals surface area contributed by atoms with Gasteiger partial charge in [-0.2, -0.15) is 13.2 Å². The molecular weight excluding hydrogens is 606 g/mol. The SMILES string of the molecule is COc1ccc([C@@H]2CN(C(C)(C)C)C[C@@]2(F)C(=O)Nc2nccn2Cc2ccc(C(F)(F)F)cc2N2CCC[C@H](C(=O)O)C2)cc1. The maximum atomic E-state index is 17.1. The Bertz CT molecular complexity index is 1570. The molecule has 0 radical (unpaired) electrons. The molecule has 9 nitrogen and oxygen atoms in total. The first kappa shape index (κ1) is 33.2. The van der Waals surface area contributed by atoms with E-state index in [0.717, 1.165) is 12.1 Å². The van der Waals surface area contributed by atoms with Gasteiger partial charge in [0.2, 0.25) is 11.6 Å². The highest BCUT2D eigenvalue weighted by Crippen LogP contribution is 2.43. The van der Waals surface area contributed by atoms with Gasteiger partial charge < -0.3 is 19.3 Å². The maximum absolute atomic E-state index is 17.1. The molecule has 2 aliphatic heterocycles. The van der Waals surface area contributed by atoms with Crippen LogP contribution in [-0.4, -0.2) is 75.9 Å². The smallest absolute Gasteiger partial charge is 0.416 e. The van der Waals surface area contributed by atoms with Crippen LogP contribution in [-0.2, 0) is 22.3 Å². The molecule has 3 heterocycles. The lowest BCUT2D eigenvalue weighted by atomic mass is 9.85. The van der Waals surface area contributed by atoms with Crippen LogP contribution in [0.3, 0.4) is 0 Å². The summed E-state index contributed by atoms with van der Waals surface area (Å²) in [5.41, 5.74) is -2.22. The summed E-state index contributed by atoms with van der Waals surface area (Å²) in [4.78, 5) is 33.3. The molecule has 2 N–H and O–H groups in total. The van der Waals surface area contributed by atoms with Crippen molar-refractivity contribution in [3.63, 3.8) is 0 Å². The molecule has 3 atom stereocenters. The Hall–Kier alpha value is -4.13. The Morgan fingerprint density at radius 2 is 1.83 bits per heavy atom. The number of methoxy groups -OCH3 is 1. The molecule has 0 spiro atoms. The number of rotatable bonds is 8. The number of piperidine rings is 1. The van der Waals surface area contributed by atoms with E-state index in [1.807, 2.05) is 25.7 Å². The number of aromatic nitrogens is 2. The highest BCUT2D eigenvalue weighted by molar-refractivity contribution is 5.97. The van der Waals surface area contributed by atoms with Gasteiger partial charge in [0.15, 0.2) is 0 Å². The molecule has 0 saturated carbocycles. The summed E-state index contributed by atoms with van der Waals surface area (Å²) in [5, 5.41) is 12.2. The third-order valence-electron chi connectivity index (χ3n) is 9.03. The monoisotopic (exact) mass is 645 g/mol. The predicted octanol–water partition coefficient (Wildman–Crippen LogP) is 5.80. The molecule has 0 unspecified atom stereocenters. The van der Waals surface area contributed by atoms with Crippen molar-refractivity contribution in [2.24, 2.45) is 5.92 Å². The molecule has 1 aromatic heterocycles. The van der Waals surface area contributed by atoms with Crippen LogP contribution in [0.15, 0.2) is 54.9 Å². The number of halogens is 4. The number of imidazole rings is 1. The second kappa shape index (κ2) is 12.6. The van der Waals surface area contributed by atoms with E-state index >= 15 is 4.39 Å². The summed E-state index contributed by atoms with van der Waals surface area (Å²) < 4.78 is 65.0. The van der Waals surface area contributed by atoms with E-state index in [1.165, 1.54) is 23.9 Å². The van der Waals surface area contributed by atoms with Gasteiger partial charge in [-0.1, -0.05) is 18.2 Å². The van der Waals surface area contributed by atoms with Crippen molar-refractivity contribution in [3.8, 4) is 5.75 Å². The van der Waals surface area contributed by atoms with Gasteiger partial charge in [0.25, 0.3) is 5.91 Å². The maximum Gasteiger partial charge on any atom is 0.416 e. The average molecular weight is 646 g/mol. The molecular formula is C33H39F4N5O4. The van der Waals surface area contributed by atoms with E-state index in [1.54, 1.807) is 35.4 Å². The molecule has 46 heavy (non-hydrogen) atoms. The lowest BCUT2D eigenvalue weighted by molar-refractivity contribution is -0.142. The van der Waals surface area contributed by atoms with Crippen molar-refractivity contribution < 1.29 is 37.0 Å². The minimum absolute atomic E-state index is 0.00658. The summed E-state index contributed by atoms with van der Waals surface area (Å²) in [5.74, 6) is -2.72. The van der Waals surface area contributed by atoms with Gasteiger partial charge >= 0.3 is 12.1 Å². The standard InChI is InChI=1S/C33H39F4N5O4/c1-31(2,3)42-19-26(21-8-11-25(46-4)12-9-21)32(34,20-42)29(45)39-30-38-13-15-41(30)17-22-7-10-24(33(35,36)37)16-27(22)40-14-5-6-23(18-40)28(43)44/h7-13,15-16,23,26H,5-6,14,17-20H2,1-4H3,(H,43,44)(H,38,39,45)/t23-,26-,32-/m0/s1. The quantitative estimate of drug-likeness (QED) is 0.299. The topological polar surface area (TPSA) is 99.9 Å². The van der Waals surface area contributed by atoms with Crippen LogP contribution in [0.25, 0.3) is 0 Å². The molecule has 2 aromatic carbocycles. The molecule has 5 rings (SSSR count). The highest BCUT2D eigenvalue weighted by atomic mass is 19.4.